The average molecular weight is 305 g/mol. The molecule has 3 nitrogen and oxygen atoms in total. The molecule has 0 spiro atoms. The van der Waals surface area contributed by atoms with E-state index in [4.69, 9.17) is 22.1 Å². The molecular formula is C17H21ClN2O. The first-order valence-corrected chi connectivity index (χ1v) is 7.30. The summed E-state index contributed by atoms with van der Waals surface area (Å²) in [4.78, 5) is 2.24. The summed E-state index contributed by atoms with van der Waals surface area (Å²) in [7, 11) is 3.75. The normalized spacial score (nSPS) is 12.4. The second-order valence-corrected chi connectivity index (χ2v) is 5.50. The van der Waals surface area contributed by atoms with Gasteiger partial charge in [0, 0.05) is 24.2 Å². The minimum atomic E-state index is 0.173. The van der Waals surface area contributed by atoms with Gasteiger partial charge in [-0.25, -0.2) is 0 Å². The molecule has 0 aliphatic heterocycles. The largest absolute Gasteiger partial charge is 0.497 e. The quantitative estimate of drug-likeness (QED) is 0.888. The van der Waals surface area contributed by atoms with E-state index in [1.807, 2.05) is 36.4 Å². The lowest BCUT2D eigenvalue weighted by Crippen LogP contribution is -2.30. The van der Waals surface area contributed by atoms with Crippen LogP contribution in [0.5, 0.6) is 5.75 Å². The average Bonchev–Trinajstić information content (AvgIpc) is 2.51. The number of nitrogens with two attached hydrogens (primary N) is 1. The Morgan fingerprint density at radius 3 is 2.24 bits per heavy atom. The summed E-state index contributed by atoms with van der Waals surface area (Å²) in [6.45, 7) is 1.39. The van der Waals surface area contributed by atoms with Crippen LogP contribution in [0.3, 0.4) is 0 Å². The van der Waals surface area contributed by atoms with Crippen molar-refractivity contribution in [2.75, 3.05) is 20.7 Å². The van der Waals surface area contributed by atoms with Crippen molar-refractivity contribution in [2.45, 2.75) is 12.6 Å². The zero-order valence-electron chi connectivity index (χ0n) is 12.4. The topological polar surface area (TPSA) is 38.5 Å². The number of likely N-dealkylation sites (N-methyl/N-ethyl adjacent to an activating group) is 1. The fourth-order valence-corrected chi connectivity index (χ4v) is 2.51. The number of hydrogen-bond acceptors (Lipinski definition) is 3. The molecule has 0 bridgehead atoms. The molecule has 0 aliphatic rings. The molecule has 0 amide bonds. The number of hydrogen-bond donors (Lipinski definition) is 1. The zero-order chi connectivity index (χ0) is 15.2. The number of ether oxygens (including phenoxy) is 1. The van der Waals surface area contributed by atoms with E-state index >= 15 is 0 Å². The first-order chi connectivity index (χ1) is 10.1. The molecule has 21 heavy (non-hydrogen) atoms. The Balaban J connectivity index is 2.09. The Hall–Kier alpha value is -1.55. The van der Waals surface area contributed by atoms with Crippen LogP contribution in [-0.2, 0) is 6.54 Å². The highest BCUT2D eigenvalue weighted by Crippen LogP contribution is 2.23. The van der Waals surface area contributed by atoms with Gasteiger partial charge >= 0.3 is 0 Å². The minimum Gasteiger partial charge on any atom is -0.497 e. The second kappa shape index (κ2) is 7.46. The Morgan fingerprint density at radius 1 is 1.10 bits per heavy atom. The highest BCUT2D eigenvalue weighted by atomic mass is 35.5. The smallest absolute Gasteiger partial charge is 0.118 e. The molecular weight excluding hydrogens is 284 g/mol. The van der Waals surface area contributed by atoms with Crippen molar-refractivity contribution in [3.8, 4) is 5.75 Å². The zero-order valence-corrected chi connectivity index (χ0v) is 13.2. The number of benzene rings is 2. The molecule has 0 aliphatic carbocycles. The van der Waals surface area contributed by atoms with Gasteiger partial charge < -0.3 is 10.5 Å². The van der Waals surface area contributed by atoms with Gasteiger partial charge in [0.25, 0.3) is 0 Å². The lowest BCUT2D eigenvalue weighted by atomic mass is 10.0. The molecule has 0 aromatic heterocycles. The standard InChI is InChI=1S/C17H21ClN2O/c1-20(12-13-3-7-15(18)8-4-13)17(11-19)14-5-9-16(21-2)10-6-14/h3-10,17H,11-12,19H2,1-2H3. The predicted octanol–water partition coefficient (Wildman–Crippen LogP) is 3.48. The summed E-state index contributed by atoms with van der Waals surface area (Å²) in [5, 5.41) is 0.756. The summed E-state index contributed by atoms with van der Waals surface area (Å²) >= 11 is 5.92. The van der Waals surface area contributed by atoms with E-state index in [-0.39, 0.29) is 6.04 Å². The van der Waals surface area contributed by atoms with Crippen molar-refractivity contribution < 1.29 is 4.74 Å². The van der Waals surface area contributed by atoms with E-state index in [1.165, 1.54) is 11.1 Å². The van der Waals surface area contributed by atoms with Crippen molar-refractivity contribution >= 4 is 11.6 Å². The maximum Gasteiger partial charge on any atom is 0.118 e. The van der Waals surface area contributed by atoms with E-state index < -0.39 is 0 Å². The number of nitrogens with zero attached hydrogens (tertiary/aromatic N) is 1. The van der Waals surface area contributed by atoms with Crippen LogP contribution in [0.2, 0.25) is 5.02 Å². The molecule has 1 unspecified atom stereocenters. The van der Waals surface area contributed by atoms with Gasteiger partial charge in [0.1, 0.15) is 5.75 Å². The van der Waals surface area contributed by atoms with E-state index in [1.54, 1.807) is 7.11 Å². The van der Waals surface area contributed by atoms with Crippen LogP contribution in [0.4, 0.5) is 0 Å². The van der Waals surface area contributed by atoms with Crippen molar-refractivity contribution in [1.82, 2.24) is 4.90 Å². The molecule has 1 atom stereocenters. The highest BCUT2D eigenvalue weighted by Gasteiger charge is 2.15. The minimum absolute atomic E-state index is 0.173. The fraction of sp³-hybridized carbons (Fsp3) is 0.294. The first-order valence-electron chi connectivity index (χ1n) is 6.92. The Labute approximate surface area is 131 Å². The summed E-state index contributed by atoms with van der Waals surface area (Å²) in [6, 6.07) is 16.1. The van der Waals surface area contributed by atoms with Crippen LogP contribution in [-0.4, -0.2) is 25.6 Å². The highest BCUT2D eigenvalue weighted by molar-refractivity contribution is 6.30. The molecule has 4 heteroatoms. The Kier molecular flexibility index (Phi) is 5.62. The SMILES string of the molecule is COc1ccc(C(CN)N(C)Cc2ccc(Cl)cc2)cc1. The lowest BCUT2D eigenvalue weighted by molar-refractivity contribution is 0.241. The predicted molar refractivity (Wildman–Crippen MR) is 87.7 cm³/mol. The van der Waals surface area contributed by atoms with Gasteiger partial charge in [-0.3, -0.25) is 4.90 Å². The van der Waals surface area contributed by atoms with E-state index in [0.717, 1.165) is 17.3 Å². The maximum atomic E-state index is 5.96. The molecule has 0 heterocycles. The van der Waals surface area contributed by atoms with Crippen molar-refractivity contribution in [3.05, 3.63) is 64.7 Å². The number of rotatable bonds is 6. The lowest BCUT2D eigenvalue weighted by Gasteiger charge is -2.27. The maximum absolute atomic E-state index is 5.96. The van der Waals surface area contributed by atoms with Crippen LogP contribution in [0, 0.1) is 0 Å². The van der Waals surface area contributed by atoms with Gasteiger partial charge in [-0.05, 0) is 42.4 Å². The third-order valence-corrected chi connectivity index (χ3v) is 3.85. The Bertz CT molecular complexity index is 554. The third-order valence-electron chi connectivity index (χ3n) is 3.60. The fourth-order valence-electron chi connectivity index (χ4n) is 2.38. The van der Waals surface area contributed by atoms with Crippen molar-refractivity contribution in [2.24, 2.45) is 5.73 Å². The van der Waals surface area contributed by atoms with E-state index in [9.17, 15) is 0 Å². The molecule has 0 saturated carbocycles. The van der Waals surface area contributed by atoms with Crippen molar-refractivity contribution in [1.29, 1.82) is 0 Å². The molecule has 0 radical (unpaired) electrons. The molecule has 2 aromatic carbocycles. The molecule has 2 N–H and O–H groups in total. The van der Waals surface area contributed by atoms with Crippen LogP contribution < -0.4 is 10.5 Å². The molecule has 2 rings (SSSR count). The second-order valence-electron chi connectivity index (χ2n) is 5.07. The monoisotopic (exact) mass is 304 g/mol. The molecule has 112 valence electrons. The van der Waals surface area contributed by atoms with Crippen LogP contribution >= 0.6 is 11.6 Å². The van der Waals surface area contributed by atoms with Gasteiger partial charge in [0.15, 0.2) is 0 Å². The van der Waals surface area contributed by atoms with Crippen LogP contribution in [0.25, 0.3) is 0 Å². The van der Waals surface area contributed by atoms with Gasteiger partial charge in [-0.15, -0.1) is 0 Å². The third kappa shape index (κ3) is 4.21. The van der Waals surface area contributed by atoms with Gasteiger partial charge in [0.05, 0.1) is 7.11 Å². The molecule has 0 saturated heterocycles. The van der Waals surface area contributed by atoms with Gasteiger partial charge in [-0.1, -0.05) is 35.9 Å². The summed E-state index contributed by atoms with van der Waals surface area (Å²) in [5.74, 6) is 0.856. The van der Waals surface area contributed by atoms with E-state index in [0.29, 0.717) is 6.54 Å². The van der Waals surface area contributed by atoms with Gasteiger partial charge in [0.2, 0.25) is 0 Å². The van der Waals surface area contributed by atoms with Crippen LogP contribution in [0.1, 0.15) is 17.2 Å². The van der Waals surface area contributed by atoms with Gasteiger partial charge in [-0.2, -0.15) is 0 Å². The molecule has 2 aromatic rings. The summed E-state index contributed by atoms with van der Waals surface area (Å²) in [6.07, 6.45) is 0. The summed E-state index contributed by atoms with van der Waals surface area (Å²) in [5.41, 5.74) is 8.37. The van der Waals surface area contributed by atoms with E-state index in [2.05, 4.69) is 24.1 Å². The Morgan fingerprint density at radius 2 is 1.71 bits per heavy atom. The summed E-state index contributed by atoms with van der Waals surface area (Å²) < 4.78 is 5.19. The molecule has 0 fully saturated rings. The number of halogens is 1. The van der Waals surface area contributed by atoms with Crippen LogP contribution in [0.15, 0.2) is 48.5 Å². The van der Waals surface area contributed by atoms with Crippen molar-refractivity contribution in [3.63, 3.8) is 0 Å². The number of methoxy groups -OCH3 is 1. The first kappa shape index (κ1) is 15.8.